The van der Waals surface area contributed by atoms with Crippen LogP contribution in [0.15, 0.2) is 18.3 Å². The summed E-state index contributed by atoms with van der Waals surface area (Å²) in [6.07, 6.45) is 1.83. The second-order valence-corrected chi connectivity index (χ2v) is 6.46. The van der Waals surface area contributed by atoms with Crippen LogP contribution in [0, 0.1) is 12.8 Å². The number of rotatable bonds is 5. The normalized spacial score (nSPS) is 13.3. The first-order chi connectivity index (χ1) is 9.19. The van der Waals surface area contributed by atoms with E-state index in [9.17, 15) is 4.79 Å². The molecule has 1 heterocycles. The molecule has 1 aromatic rings. The Hall–Kier alpha value is -1.42. The zero-order valence-electron chi connectivity index (χ0n) is 13.4. The molecule has 4 heteroatoms. The van der Waals surface area contributed by atoms with Crippen molar-refractivity contribution >= 4 is 5.97 Å². The highest BCUT2D eigenvalue weighted by Crippen LogP contribution is 2.12. The molecule has 1 atom stereocenters. The van der Waals surface area contributed by atoms with Gasteiger partial charge in [0.05, 0.1) is 5.69 Å². The molecule has 0 unspecified atom stereocenters. The van der Waals surface area contributed by atoms with Gasteiger partial charge in [0.1, 0.15) is 11.6 Å². The van der Waals surface area contributed by atoms with Gasteiger partial charge in [0.25, 0.3) is 0 Å². The Balaban J connectivity index is 2.63. The molecule has 0 fully saturated rings. The van der Waals surface area contributed by atoms with E-state index in [2.05, 4.69) is 10.3 Å². The van der Waals surface area contributed by atoms with Crippen molar-refractivity contribution in [2.45, 2.75) is 59.7 Å². The van der Waals surface area contributed by atoms with Crippen LogP contribution >= 0.6 is 0 Å². The number of nitrogens with one attached hydrogen (secondary N) is 1. The van der Waals surface area contributed by atoms with Crippen LogP contribution in [0.25, 0.3) is 0 Å². The Kier molecular flexibility index (Phi) is 5.69. The molecule has 0 aliphatic carbocycles. The molecule has 1 rings (SSSR count). The van der Waals surface area contributed by atoms with Gasteiger partial charge in [-0.2, -0.15) is 0 Å². The topological polar surface area (TPSA) is 51.2 Å². The van der Waals surface area contributed by atoms with Crippen LogP contribution in [0.3, 0.4) is 0 Å². The minimum Gasteiger partial charge on any atom is -0.459 e. The molecule has 0 aromatic carbocycles. The highest BCUT2D eigenvalue weighted by molar-refractivity contribution is 5.76. The van der Waals surface area contributed by atoms with E-state index in [-0.39, 0.29) is 17.9 Å². The first-order valence-corrected chi connectivity index (χ1v) is 7.07. The summed E-state index contributed by atoms with van der Waals surface area (Å²) in [6.45, 7) is 12.2. The monoisotopic (exact) mass is 278 g/mol. The largest absolute Gasteiger partial charge is 0.459 e. The maximum Gasteiger partial charge on any atom is 0.323 e. The third-order valence-electron chi connectivity index (χ3n) is 2.80. The molecular formula is C16H26N2O2. The third-order valence-corrected chi connectivity index (χ3v) is 2.80. The molecule has 0 aliphatic rings. The smallest absolute Gasteiger partial charge is 0.323 e. The number of carbonyl (C=O) groups excluding carboxylic acids is 1. The highest BCUT2D eigenvalue weighted by atomic mass is 16.6. The van der Waals surface area contributed by atoms with Gasteiger partial charge in [0.15, 0.2) is 0 Å². The summed E-state index contributed by atoms with van der Waals surface area (Å²) in [7, 11) is 0. The van der Waals surface area contributed by atoms with E-state index in [1.54, 1.807) is 0 Å². The minimum absolute atomic E-state index is 0.162. The van der Waals surface area contributed by atoms with E-state index < -0.39 is 5.60 Å². The zero-order chi connectivity index (χ0) is 15.3. The van der Waals surface area contributed by atoms with Crippen molar-refractivity contribution in [2.75, 3.05) is 0 Å². The molecule has 20 heavy (non-hydrogen) atoms. The average Bonchev–Trinajstić information content (AvgIpc) is 2.29. The van der Waals surface area contributed by atoms with E-state index >= 15 is 0 Å². The number of esters is 1. The van der Waals surface area contributed by atoms with Crippen molar-refractivity contribution in [3.63, 3.8) is 0 Å². The predicted octanol–water partition coefficient (Wildman–Crippen LogP) is 2.85. The standard InChI is InChI=1S/C16H26N2O2/c1-11(2)14(15(19)20-16(4,5)6)18-10-13-8-7-12(3)9-17-13/h7-9,11,14,18H,10H2,1-6H3/t14-/m1/s1. The molecule has 0 saturated carbocycles. The van der Waals surface area contributed by atoms with E-state index in [0.29, 0.717) is 6.54 Å². The lowest BCUT2D eigenvalue weighted by Gasteiger charge is -2.26. The van der Waals surface area contributed by atoms with E-state index in [1.807, 2.05) is 59.9 Å². The maximum absolute atomic E-state index is 12.2. The molecular weight excluding hydrogens is 252 g/mol. The summed E-state index contributed by atoms with van der Waals surface area (Å²) in [5.41, 5.74) is 1.58. The molecule has 0 saturated heterocycles. The summed E-state index contributed by atoms with van der Waals surface area (Å²) < 4.78 is 5.45. The van der Waals surface area contributed by atoms with Gasteiger partial charge < -0.3 is 4.74 Å². The maximum atomic E-state index is 12.2. The lowest BCUT2D eigenvalue weighted by Crippen LogP contribution is -2.44. The van der Waals surface area contributed by atoms with Crippen LogP contribution < -0.4 is 5.32 Å². The Morgan fingerprint density at radius 1 is 1.35 bits per heavy atom. The zero-order valence-corrected chi connectivity index (χ0v) is 13.4. The van der Waals surface area contributed by atoms with Crippen molar-refractivity contribution < 1.29 is 9.53 Å². The molecule has 0 radical (unpaired) electrons. The number of nitrogens with zero attached hydrogens (tertiary/aromatic N) is 1. The number of carbonyl (C=O) groups is 1. The van der Waals surface area contributed by atoms with Gasteiger partial charge in [0, 0.05) is 12.7 Å². The minimum atomic E-state index is -0.464. The molecule has 4 nitrogen and oxygen atoms in total. The first-order valence-electron chi connectivity index (χ1n) is 7.07. The summed E-state index contributed by atoms with van der Waals surface area (Å²) >= 11 is 0. The Morgan fingerprint density at radius 3 is 2.45 bits per heavy atom. The van der Waals surface area contributed by atoms with Crippen LogP contribution in [0.5, 0.6) is 0 Å². The highest BCUT2D eigenvalue weighted by Gasteiger charge is 2.27. The summed E-state index contributed by atoms with van der Waals surface area (Å²) in [5.74, 6) is -0.0464. The van der Waals surface area contributed by atoms with E-state index in [1.165, 1.54) is 0 Å². The lowest BCUT2D eigenvalue weighted by molar-refractivity contribution is -0.158. The molecule has 0 spiro atoms. The molecule has 0 aliphatic heterocycles. The molecule has 1 N–H and O–H groups in total. The van der Waals surface area contributed by atoms with Gasteiger partial charge >= 0.3 is 5.97 Å². The van der Waals surface area contributed by atoms with Gasteiger partial charge in [-0.1, -0.05) is 19.9 Å². The van der Waals surface area contributed by atoms with Gasteiger partial charge in [-0.25, -0.2) is 0 Å². The van der Waals surface area contributed by atoms with Crippen molar-refractivity contribution in [1.82, 2.24) is 10.3 Å². The van der Waals surface area contributed by atoms with Crippen molar-refractivity contribution in [3.8, 4) is 0 Å². The van der Waals surface area contributed by atoms with Crippen LogP contribution in [-0.2, 0) is 16.1 Å². The second kappa shape index (κ2) is 6.84. The lowest BCUT2D eigenvalue weighted by atomic mass is 10.0. The predicted molar refractivity (Wildman–Crippen MR) is 80.3 cm³/mol. The number of aryl methyl sites for hydroxylation is 1. The molecule has 0 bridgehead atoms. The Morgan fingerprint density at radius 2 is 2.00 bits per heavy atom. The quantitative estimate of drug-likeness (QED) is 0.841. The van der Waals surface area contributed by atoms with Gasteiger partial charge in [-0.3, -0.25) is 15.1 Å². The van der Waals surface area contributed by atoms with Crippen molar-refractivity contribution in [2.24, 2.45) is 5.92 Å². The number of hydrogen-bond donors (Lipinski definition) is 1. The Labute approximate surface area is 121 Å². The van der Waals surface area contributed by atoms with E-state index in [4.69, 9.17) is 4.74 Å². The van der Waals surface area contributed by atoms with Crippen LogP contribution in [0.4, 0.5) is 0 Å². The SMILES string of the molecule is Cc1ccc(CN[C@@H](C(=O)OC(C)(C)C)C(C)C)nc1. The van der Waals surface area contributed by atoms with Crippen molar-refractivity contribution in [1.29, 1.82) is 0 Å². The fourth-order valence-corrected chi connectivity index (χ4v) is 1.77. The number of pyridine rings is 1. The second-order valence-electron chi connectivity index (χ2n) is 6.46. The van der Waals surface area contributed by atoms with Gasteiger partial charge in [-0.15, -0.1) is 0 Å². The summed E-state index contributed by atoms with van der Waals surface area (Å²) in [5, 5.41) is 3.24. The molecule has 112 valence electrons. The molecule has 0 amide bonds. The Bertz CT molecular complexity index is 433. The third kappa shape index (κ3) is 5.70. The fourth-order valence-electron chi connectivity index (χ4n) is 1.77. The number of hydrogen-bond acceptors (Lipinski definition) is 4. The number of ether oxygens (including phenoxy) is 1. The van der Waals surface area contributed by atoms with Gasteiger partial charge in [0.2, 0.25) is 0 Å². The average molecular weight is 278 g/mol. The van der Waals surface area contributed by atoms with Crippen LogP contribution in [-0.4, -0.2) is 22.6 Å². The molecule has 1 aromatic heterocycles. The first kappa shape index (κ1) is 16.6. The fraction of sp³-hybridized carbons (Fsp3) is 0.625. The van der Waals surface area contributed by atoms with E-state index in [0.717, 1.165) is 11.3 Å². The van der Waals surface area contributed by atoms with Crippen LogP contribution in [0.2, 0.25) is 0 Å². The summed E-state index contributed by atoms with van der Waals surface area (Å²) in [4.78, 5) is 16.5. The van der Waals surface area contributed by atoms with Gasteiger partial charge in [-0.05, 0) is 45.2 Å². The summed E-state index contributed by atoms with van der Waals surface area (Å²) in [6, 6.07) is 3.66. The van der Waals surface area contributed by atoms with Crippen molar-refractivity contribution in [3.05, 3.63) is 29.6 Å². The number of aromatic nitrogens is 1. The van der Waals surface area contributed by atoms with Crippen LogP contribution in [0.1, 0.15) is 45.9 Å².